The van der Waals surface area contributed by atoms with Crippen molar-refractivity contribution in [1.29, 1.82) is 0 Å². The first-order chi connectivity index (χ1) is 7.13. The molecule has 4 heteroatoms. The highest BCUT2D eigenvalue weighted by Crippen LogP contribution is 2.22. The molecule has 0 aliphatic carbocycles. The van der Waals surface area contributed by atoms with Gasteiger partial charge in [0.1, 0.15) is 0 Å². The van der Waals surface area contributed by atoms with Crippen LogP contribution in [-0.2, 0) is 4.79 Å². The van der Waals surface area contributed by atoms with Gasteiger partial charge in [0.25, 0.3) is 0 Å². The zero-order valence-electron chi connectivity index (χ0n) is 9.60. The number of piperidine rings is 1. The number of rotatable bonds is 1. The summed E-state index contributed by atoms with van der Waals surface area (Å²) in [6.45, 7) is 7.08. The number of hydrogen-bond donors (Lipinski definition) is 3. The number of nitrogens with one attached hydrogen (secondary N) is 3. The summed E-state index contributed by atoms with van der Waals surface area (Å²) in [5.41, 5.74) is 0.147. The van der Waals surface area contributed by atoms with Gasteiger partial charge in [-0.25, -0.2) is 0 Å². The average molecular weight is 211 g/mol. The van der Waals surface area contributed by atoms with Crippen molar-refractivity contribution in [1.82, 2.24) is 16.0 Å². The lowest BCUT2D eigenvalue weighted by molar-refractivity contribution is -0.127. The molecular formula is C11H21N3O. The van der Waals surface area contributed by atoms with Gasteiger partial charge in [0.2, 0.25) is 5.91 Å². The molecular weight excluding hydrogens is 190 g/mol. The van der Waals surface area contributed by atoms with Crippen LogP contribution in [-0.4, -0.2) is 37.1 Å². The Hall–Kier alpha value is -0.610. The molecule has 15 heavy (non-hydrogen) atoms. The Morgan fingerprint density at radius 2 is 2.00 bits per heavy atom. The third kappa shape index (κ3) is 2.16. The minimum atomic E-state index is -0.0168. The van der Waals surface area contributed by atoms with E-state index in [-0.39, 0.29) is 17.5 Å². The van der Waals surface area contributed by atoms with Crippen LogP contribution in [0.25, 0.3) is 0 Å². The molecule has 1 spiro atoms. The van der Waals surface area contributed by atoms with Crippen LogP contribution in [0.2, 0.25) is 0 Å². The topological polar surface area (TPSA) is 53.2 Å². The van der Waals surface area contributed by atoms with Crippen LogP contribution in [0, 0.1) is 5.92 Å². The van der Waals surface area contributed by atoms with Gasteiger partial charge in [0.05, 0.1) is 6.04 Å². The molecule has 2 heterocycles. The van der Waals surface area contributed by atoms with Gasteiger partial charge in [0.15, 0.2) is 0 Å². The molecule has 2 fully saturated rings. The van der Waals surface area contributed by atoms with Crippen molar-refractivity contribution in [3.63, 3.8) is 0 Å². The third-order valence-electron chi connectivity index (χ3n) is 3.57. The van der Waals surface area contributed by atoms with Crippen molar-refractivity contribution in [2.24, 2.45) is 5.92 Å². The fourth-order valence-corrected chi connectivity index (χ4v) is 2.51. The second-order valence-electron chi connectivity index (χ2n) is 5.11. The summed E-state index contributed by atoms with van der Waals surface area (Å²) in [6, 6.07) is -0.0168. The highest BCUT2D eigenvalue weighted by atomic mass is 16.2. The van der Waals surface area contributed by atoms with Crippen LogP contribution in [0.3, 0.4) is 0 Å². The van der Waals surface area contributed by atoms with Crippen LogP contribution < -0.4 is 16.0 Å². The van der Waals surface area contributed by atoms with Crippen molar-refractivity contribution >= 4 is 5.91 Å². The van der Waals surface area contributed by atoms with E-state index in [1.807, 2.05) is 0 Å². The Morgan fingerprint density at radius 1 is 1.33 bits per heavy atom. The van der Waals surface area contributed by atoms with E-state index in [1.54, 1.807) is 0 Å². The molecule has 0 aromatic carbocycles. The van der Waals surface area contributed by atoms with Gasteiger partial charge in [-0.3, -0.25) is 10.1 Å². The molecule has 2 rings (SSSR count). The molecule has 0 saturated carbocycles. The highest BCUT2D eigenvalue weighted by Gasteiger charge is 2.40. The highest BCUT2D eigenvalue weighted by molar-refractivity contribution is 5.83. The van der Waals surface area contributed by atoms with E-state index in [0.717, 1.165) is 32.5 Å². The van der Waals surface area contributed by atoms with Gasteiger partial charge in [-0.2, -0.15) is 0 Å². The molecule has 86 valence electrons. The van der Waals surface area contributed by atoms with Crippen LogP contribution in [0.1, 0.15) is 26.7 Å². The number of amides is 1. The zero-order chi connectivity index (χ0) is 10.9. The maximum atomic E-state index is 11.7. The summed E-state index contributed by atoms with van der Waals surface area (Å²) in [7, 11) is 0. The van der Waals surface area contributed by atoms with Crippen LogP contribution in [0.5, 0.6) is 0 Å². The minimum Gasteiger partial charge on any atom is -0.353 e. The van der Waals surface area contributed by atoms with Gasteiger partial charge in [-0.1, -0.05) is 13.8 Å². The first-order valence-electron chi connectivity index (χ1n) is 5.89. The maximum absolute atomic E-state index is 11.7. The largest absolute Gasteiger partial charge is 0.353 e. The molecule has 4 nitrogen and oxygen atoms in total. The van der Waals surface area contributed by atoms with Crippen LogP contribution >= 0.6 is 0 Å². The van der Waals surface area contributed by atoms with Crippen LogP contribution in [0.15, 0.2) is 0 Å². The predicted molar refractivity (Wildman–Crippen MR) is 59.6 cm³/mol. The van der Waals surface area contributed by atoms with Crippen molar-refractivity contribution in [2.75, 3.05) is 19.6 Å². The van der Waals surface area contributed by atoms with E-state index in [1.165, 1.54) is 0 Å². The monoisotopic (exact) mass is 211 g/mol. The summed E-state index contributed by atoms with van der Waals surface area (Å²) in [5.74, 6) is 0.520. The Morgan fingerprint density at radius 3 is 2.60 bits per heavy atom. The zero-order valence-corrected chi connectivity index (χ0v) is 9.60. The number of piperazine rings is 1. The molecule has 0 aromatic rings. The Balaban J connectivity index is 2.06. The lowest BCUT2D eigenvalue weighted by Gasteiger charge is -2.45. The fourth-order valence-electron chi connectivity index (χ4n) is 2.51. The molecule has 1 amide bonds. The summed E-state index contributed by atoms with van der Waals surface area (Å²) in [6.07, 6.45) is 2.22. The van der Waals surface area contributed by atoms with E-state index < -0.39 is 0 Å². The average Bonchev–Trinajstić information content (AvgIpc) is 2.23. The summed E-state index contributed by atoms with van der Waals surface area (Å²) in [4.78, 5) is 11.7. The first-order valence-corrected chi connectivity index (χ1v) is 5.89. The van der Waals surface area contributed by atoms with Crippen molar-refractivity contribution in [2.45, 2.75) is 38.3 Å². The molecule has 0 aromatic heterocycles. The quantitative estimate of drug-likeness (QED) is 0.565. The van der Waals surface area contributed by atoms with Gasteiger partial charge in [-0.15, -0.1) is 0 Å². The third-order valence-corrected chi connectivity index (χ3v) is 3.57. The van der Waals surface area contributed by atoms with E-state index in [0.29, 0.717) is 5.92 Å². The first kappa shape index (κ1) is 10.9. The molecule has 2 aliphatic heterocycles. The summed E-state index contributed by atoms with van der Waals surface area (Å²) >= 11 is 0. The normalized spacial score (nSPS) is 30.6. The lowest BCUT2D eigenvalue weighted by Crippen LogP contribution is -2.69. The van der Waals surface area contributed by atoms with E-state index >= 15 is 0 Å². The van der Waals surface area contributed by atoms with E-state index in [2.05, 4.69) is 29.8 Å². The fraction of sp³-hybridized carbons (Fsp3) is 0.909. The SMILES string of the molecule is CC(C)[C@@H]1NC2(CCNCC2)CNC1=O. The smallest absolute Gasteiger partial charge is 0.237 e. The molecule has 0 bridgehead atoms. The predicted octanol–water partition coefficient (Wildman–Crippen LogP) is -0.147. The second kappa shape index (κ2) is 4.10. The summed E-state index contributed by atoms with van der Waals surface area (Å²) < 4.78 is 0. The number of carbonyl (C=O) groups is 1. The van der Waals surface area contributed by atoms with Crippen molar-refractivity contribution < 1.29 is 4.79 Å². The molecule has 2 aliphatic rings. The molecule has 0 radical (unpaired) electrons. The molecule has 0 unspecified atom stereocenters. The van der Waals surface area contributed by atoms with Gasteiger partial charge < -0.3 is 10.6 Å². The number of carbonyl (C=O) groups excluding carboxylic acids is 1. The molecule has 1 atom stereocenters. The lowest BCUT2D eigenvalue weighted by atomic mass is 9.83. The van der Waals surface area contributed by atoms with Crippen molar-refractivity contribution in [3.05, 3.63) is 0 Å². The van der Waals surface area contributed by atoms with Gasteiger partial charge in [-0.05, 0) is 31.8 Å². The van der Waals surface area contributed by atoms with E-state index in [9.17, 15) is 4.79 Å². The standard InChI is InChI=1S/C11H21N3O/c1-8(2)9-10(15)13-7-11(14-9)3-5-12-6-4-11/h8-9,12,14H,3-7H2,1-2H3,(H,13,15)/t9-/m0/s1. The van der Waals surface area contributed by atoms with E-state index in [4.69, 9.17) is 0 Å². The number of hydrogen-bond acceptors (Lipinski definition) is 3. The second-order valence-corrected chi connectivity index (χ2v) is 5.11. The minimum absolute atomic E-state index is 0.0168. The molecule has 3 N–H and O–H groups in total. The Kier molecular flexibility index (Phi) is 2.98. The van der Waals surface area contributed by atoms with Gasteiger partial charge >= 0.3 is 0 Å². The summed E-state index contributed by atoms with van der Waals surface area (Å²) in [5, 5.41) is 9.97. The van der Waals surface area contributed by atoms with Crippen molar-refractivity contribution in [3.8, 4) is 0 Å². The molecule has 2 saturated heterocycles. The Bertz CT molecular complexity index is 246. The van der Waals surface area contributed by atoms with Gasteiger partial charge in [0, 0.05) is 12.1 Å². The van der Waals surface area contributed by atoms with Crippen LogP contribution in [0.4, 0.5) is 0 Å². The maximum Gasteiger partial charge on any atom is 0.237 e. The Labute approximate surface area is 91.2 Å².